The Morgan fingerprint density at radius 2 is 1.86 bits per heavy atom. The number of halogens is 1. The van der Waals surface area contributed by atoms with Crippen LogP contribution in [0, 0.1) is 12.7 Å². The number of benzene rings is 2. The van der Waals surface area contributed by atoms with Gasteiger partial charge < -0.3 is 9.64 Å². The second-order valence-corrected chi connectivity index (χ2v) is 7.05. The highest BCUT2D eigenvalue weighted by molar-refractivity contribution is 5.92. The third-order valence-corrected chi connectivity index (χ3v) is 4.97. The van der Waals surface area contributed by atoms with Crippen molar-refractivity contribution in [2.24, 2.45) is 0 Å². The second-order valence-electron chi connectivity index (χ2n) is 7.05. The van der Waals surface area contributed by atoms with Crippen molar-refractivity contribution in [2.45, 2.75) is 32.7 Å². The Labute approximate surface area is 164 Å². The normalized spacial score (nSPS) is 13.9. The van der Waals surface area contributed by atoms with Gasteiger partial charge in [0, 0.05) is 24.3 Å². The number of likely N-dealkylation sites (tertiary alicyclic amines) is 1. The minimum absolute atomic E-state index is 0.0894. The first-order valence-corrected chi connectivity index (χ1v) is 9.49. The number of hydrogen-bond donors (Lipinski definition) is 0. The Balaban J connectivity index is 1.91. The molecule has 5 nitrogen and oxygen atoms in total. The zero-order valence-corrected chi connectivity index (χ0v) is 16.3. The summed E-state index contributed by atoms with van der Waals surface area (Å²) in [6.45, 7) is 3.47. The number of piperidine rings is 1. The number of ether oxygens (including phenoxy) is 1. The number of carbonyl (C=O) groups is 2. The van der Waals surface area contributed by atoms with Crippen molar-refractivity contribution in [1.29, 1.82) is 0 Å². The molecule has 0 atom stereocenters. The molecule has 1 heterocycles. The fourth-order valence-electron chi connectivity index (χ4n) is 3.41. The largest absolute Gasteiger partial charge is 0.465 e. The smallest absolute Gasteiger partial charge is 0.337 e. The molecule has 0 bridgehead atoms. The monoisotopic (exact) mass is 384 g/mol. The number of aryl methyl sites for hydroxylation is 1. The van der Waals surface area contributed by atoms with Crippen LogP contribution in [0.5, 0.6) is 0 Å². The van der Waals surface area contributed by atoms with Gasteiger partial charge in [0.15, 0.2) is 0 Å². The maximum atomic E-state index is 14.6. The Bertz CT molecular complexity index is 863. The molecule has 2 aromatic carbocycles. The van der Waals surface area contributed by atoms with Crippen LogP contribution >= 0.6 is 0 Å². The molecule has 0 unspecified atom stereocenters. The van der Waals surface area contributed by atoms with E-state index in [9.17, 15) is 14.0 Å². The summed E-state index contributed by atoms with van der Waals surface area (Å²) in [4.78, 5) is 28.2. The molecular formula is C22H25FN2O3. The van der Waals surface area contributed by atoms with Crippen molar-refractivity contribution in [3.05, 3.63) is 65.0 Å². The predicted octanol–water partition coefficient (Wildman–Crippen LogP) is 4.53. The number of amides is 2. The predicted molar refractivity (Wildman–Crippen MR) is 106 cm³/mol. The van der Waals surface area contributed by atoms with E-state index in [2.05, 4.69) is 4.74 Å². The summed E-state index contributed by atoms with van der Waals surface area (Å²) in [6, 6.07) is 11.7. The maximum absolute atomic E-state index is 14.6. The molecule has 3 rings (SSSR count). The summed E-state index contributed by atoms with van der Waals surface area (Å²) in [7, 11) is 1.25. The van der Waals surface area contributed by atoms with Crippen LogP contribution in [0.25, 0.3) is 0 Å². The fraction of sp³-hybridized carbons (Fsp3) is 0.364. The van der Waals surface area contributed by atoms with Crippen LogP contribution in [0.4, 0.5) is 14.9 Å². The van der Waals surface area contributed by atoms with Gasteiger partial charge in [-0.1, -0.05) is 18.2 Å². The van der Waals surface area contributed by atoms with Gasteiger partial charge in [-0.3, -0.25) is 4.90 Å². The van der Waals surface area contributed by atoms with E-state index in [1.807, 2.05) is 36.1 Å². The standard InChI is InChI=1S/C22H25FN2O3/c1-16-7-6-8-19(13-16)25(22(27)24-11-4-3-5-12-24)15-18-10-9-17(14-20(18)23)21(26)28-2/h6-10,13-14H,3-5,11-12,15H2,1-2H3. The molecular weight excluding hydrogens is 359 g/mol. The van der Waals surface area contributed by atoms with Crippen LogP contribution < -0.4 is 4.90 Å². The average molecular weight is 384 g/mol. The van der Waals surface area contributed by atoms with Gasteiger partial charge in [-0.25, -0.2) is 14.0 Å². The quantitative estimate of drug-likeness (QED) is 0.728. The van der Waals surface area contributed by atoms with Gasteiger partial charge in [0.25, 0.3) is 0 Å². The van der Waals surface area contributed by atoms with Crippen LogP contribution in [0.15, 0.2) is 42.5 Å². The van der Waals surface area contributed by atoms with Crippen molar-refractivity contribution in [2.75, 3.05) is 25.1 Å². The minimum Gasteiger partial charge on any atom is -0.465 e. The number of rotatable bonds is 4. The van der Waals surface area contributed by atoms with E-state index in [-0.39, 0.29) is 18.1 Å². The van der Waals surface area contributed by atoms with Crippen LogP contribution in [0.2, 0.25) is 0 Å². The summed E-state index contributed by atoms with van der Waals surface area (Å²) in [5, 5.41) is 0. The minimum atomic E-state index is -0.592. The number of carbonyl (C=O) groups excluding carboxylic acids is 2. The molecule has 2 aromatic rings. The van der Waals surface area contributed by atoms with Gasteiger partial charge in [0.05, 0.1) is 19.2 Å². The lowest BCUT2D eigenvalue weighted by Gasteiger charge is -2.33. The number of anilines is 1. The first kappa shape index (κ1) is 19.9. The third-order valence-electron chi connectivity index (χ3n) is 4.97. The lowest BCUT2D eigenvalue weighted by molar-refractivity contribution is 0.0600. The van der Waals surface area contributed by atoms with Crippen LogP contribution in [-0.4, -0.2) is 37.1 Å². The molecule has 0 N–H and O–H groups in total. The Morgan fingerprint density at radius 1 is 1.11 bits per heavy atom. The van der Waals surface area contributed by atoms with Crippen molar-refractivity contribution in [3.63, 3.8) is 0 Å². The molecule has 6 heteroatoms. The number of esters is 1. The highest BCUT2D eigenvalue weighted by atomic mass is 19.1. The highest BCUT2D eigenvalue weighted by Gasteiger charge is 2.25. The Hall–Kier alpha value is -2.89. The molecule has 0 saturated carbocycles. The van der Waals surface area contributed by atoms with Crippen molar-refractivity contribution >= 4 is 17.7 Å². The number of urea groups is 1. The summed E-state index contributed by atoms with van der Waals surface area (Å²) in [6.07, 6.45) is 3.09. The van der Waals surface area contributed by atoms with Gasteiger partial charge >= 0.3 is 12.0 Å². The Kier molecular flexibility index (Phi) is 6.29. The highest BCUT2D eigenvalue weighted by Crippen LogP contribution is 2.24. The van der Waals surface area contributed by atoms with Crippen LogP contribution in [0.3, 0.4) is 0 Å². The van der Waals surface area contributed by atoms with E-state index < -0.39 is 11.8 Å². The molecule has 2 amide bonds. The summed E-state index contributed by atoms with van der Waals surface area (Å²) >= 11 is 0. The molecule has 0 spiro atoms. The molecule has 148 valence electrons. The van der Waals surface area contributed by atoms with Crippen molar-refractivity contribution in [3.8, 4) is 0 Å². The summed E-state index contributed by atoms with van der Waals surface area (Å²) < 4.78 is 19.3. The van der Waals surface area contributed by atoms with Crippen molar-refractivity contribution < 1.29 is 18.7 Å². The van der Waals surface area contributed by atoms with E-state index in [1.165, 1.54) is 19.2 Å². The fourth-order valence-corrected chi connectivity index (χ4v) is 3.41. The van der Waals surface area contributed by atoms with Gasteiger partial charge in [-0.15, -0.1) is 0 Å². The van der Waals surface area contributed by atoms with Gasteiger partial charge in [0.2, 0.25) is 0 Å². The van der Waals surface area contributed by atoms with E-state index in [0.717, 1.165) is 36.6 Å². The first-order chi connectivity index (χ1) is 13.5. The van der Waals surface area contributed by atoms with Gasteiger partial charge in [0.1, 0.15) is 5.82 Å². The zero-order chi connectivity index (χ0) is 20.1. The SMILES string of the molecule is COC(=O)c1ccc(CN(C(=O)N2CCCCC2)c2cccc(C)c2)c(F)c1. The second kappa shape index (κ2) is 8.87. The molecule has 1 aliphatic rings. The maximum Gasteiger partial charge on any atom is 0.337 e. The molecule has 1 saturated heterocycles. The van der Waals surface area contributed by atoms with Crippen LogP contribution in [-0.2, 0) is 11.3 Å². The summed E-state index contributed by atoms with van der Waals surface area (Å²) in [5.74, 6) is -1.13. The first-order valence-electron chi connectivity index (χ1n) is 9.49. The van der Waals surface area contributed by atoms with Gasteiger partial charge in [-0.05, 0) is 56.0 Å². The average Bonchev–Trinajstić information content (AvgIpc) is 2.72. The molecule has 0 aliphatic carbocycles. The third kappa shape index (κ3) is 4.50. The molecule has 1 fully saturated rings. The summed E-state index contributed by atoms with van der Waals surface area (Å²) in [5.41, 5.74) is 2.25. The zero-order valence-electron chi connectivity index (χ0n) is 16.3. The lowest BCUT2D eigenvalue weighted by Crippen LogP contribution is -2.45. The molecule has 28 heavy (non-hydrogen) atoms. The number of methoxy groups -OCH3 is 1. The van der Waals surface area contributed by atoms with Crippen LogP contribution in [0.1, 0.15) is 40.7 Å². The van der Waals surface area contributed by atoms with Crippen molar-refractivity contribution in [1.82, 2.24) is 4.90 Å². The van der Waals surface area contributed by atoms with E-state index >= 15 is 0 Å². The molecule has 0 aromatic heterocycles. The number of nitrogens with zero attached hydrogens (tertiary/aromatic N) is 2. The number of hydrogen-bond acceptors (Lipinski definition) is 3. The molecule has 0 radical (unpaired) electrons. The van der Waals surface area contributed by atoms with Gasteiger partial charge in [-0.2, -0.15) is 0 Å². The Morgan fingerprint density at radius 3 is 2.50 bits per heavy atom. The topological polar surface area (TPSA) is 49.9 Å². The van der Waals surface area contributed by atoms with E-state index in [0.29, 0.717) is 18.7 Å². The molecule has 1 aliphatic heterocycles. The van der Waals surface area contributed by atoms with E-state index in [1.54, 1.807) is 4.90 Å². The lowest BCUT2D eigenvalue weighted by atomic mass is 10.1. The van der Waals surface area contributed by atoms with E-state index in [4.69, 9.17) is 0 Å².